The highest BCUT2D eigenvalue weighted by atomic mass is 16.6. The number of methoxy groups -OCH3 is 5. The predicted octanol–water partition coefficient (Wildman–Crippen LogP) is 6.25. The second-order valence-electron chi connectivity index (χ2n) is 18.6. The number of aliphatic hydroxyl groups excluding tert-OH is 3. The minimum atomic E-state index is -1.11. The Hall–Kier alpha value is -3.80. The van der Waals surface area contributed by atoms with E-state index in [-0.39, 0.29) is 48.9 Å². The molecule has 0 aromatic carbocycles. The van der Waals surface area contributed by atoms with Crippen LogP contribution in [0.3, 0.4) is 0 Å². The summed E-state index contributed by atoms with van der Waals surface area (Å²) in [6.07, 6.45) is 12.8. The molecule has 0 saturated heterocycles. The first-order valence-corrected chi connectivity index (χ1v) is 23.6. The lowest BCUT2D eigenvalue weighted by atomic mass is 9.81. The molecule has 0 spiro atoms. The van der Waals surface area contributed by atoms with Crippen LogP contribution < -0.4 is 0 Å². The molecule has 2 aliphatic heterocycles. The second-order valence-corrected chi connectivity index (χ2v) is 18.6. The number of hydrogen-bond donors (Lipinski definition) is 3. The molecule has 1 amide bonds. The van der Waals surface area contributed by atoms with Crippen LogP contribution in [0.15, 0.2) is 72.0 Å². The highest BCUT2D eigenvalue weighted by molar-refractivity contribution is 5.84. The number of amides is 1. The summed E-state index contributed by atoms with van der Waals surface area (Å²) in [7, 11) is 9.48. The van der Waals surface area contributed by atoms with Crippen molar-refractivity contribution in [3.8, 4) is 0 Å². The van der Waals surface area contributed by atoms with Gasteiger partial charge in [0.05, 0.1) is 42.7 Å². The third kappa shape index (κ3) is 19.6. The molecular weight excluding hydrogens is 863 g/mol. The number of carbonyl (C=O) groups is 4. The van der Waals surface area contributed by atoms with Crippen LogP contribution in [0.4, 0.5) is 0 Å². The zero-order valence-corrected chi connectivity index (χ0v) is 42.3. The van der Waals surface area contributed by atoms with E-state index in [2.05, 4.69) is 0 Å². The van der Waals surface area contributed by atoms with Crippen molar-refractivity contribution in [1.82, 2.24) is 4.90 Å². The highest BCUT2D eigenvalue weighted by Gasteiger charge is 2.40. The number of allylic oxidation sites excluding steroid dienone is 2. The van der Waals surface area contributed by atoms with E-state index in [1.165, 1.54) is 17.1 Å². The molecule has 2 rings (SSSR count). The average molecular weight is 946 g/mol. The van der Waals surface area contributed by atoms with Crippen LogP contribution in [0.5, 0.6) is 0 Å². The zero-order chi connectivity index (χ0) is 50.4. The van der Waals surface area contributed by atoms with Gasteiger partial charge in [-0.05, 0) is 44.1 Å². The SMILES string of the molecule is COC1C=CC(C)C(O)CC(O)C=CC(C)C(C(C)C(OC)C(C)CCC(=O)C(C)C(CC=CN(C)C=O)OC)OC(=O)C=CC=C(C)CC(OC)CC2=CC(=O)O[C@@H](C(C)C(OC)C1)[C@H]2O. The number of nitrogens with zero attached hydrogens (tertiary/aromatic N) is 1. The minimum Gasteiger partial charge on any atom is -0.458 e. The van der Waals surface area contributed by atoms with Gasteiger partial charge in [0.2, 0.25) is 6.41 Å². The number of carbonyl (C=O) groups excluding carboxylic acids is 4. The number of aliphatic hydroxyl groups is 3. The van der Waals surface area contributed by atoms with Crippen molar-refractivity contribution in [1.29, 1.82) is 0 Å². The number of hydrogen-bond acceptors (Lipinski definition) is 14. The summed E-state index contributed by atoms with van der Waals surface area (Å²) in [6, 6.07) is 0. The molecule has 2 aliphatic rings. The maximum absolute atomic E-state index is 13.6. The molecule has 16 atom stereocenters. The first kappa shape index (κ1) is 59.3. The smallest absolute Gasteiger partial charge is 0.331 e. The molecule has 0 fully saturated rings. The van der Waals surface area contributed by atoms with Gasteiger partial charge in [-0.15, -0.1) is 0 Å². The van der Waals surface area contributed by atoms with E-state index in [1.54, 1.807) is 79.2 Å². The fourth-order valence-corrected chi connectivity index (χ4v) is 8.96. The molecule has 3 N–H and O–H groups in total. The average Bonchev–Trinajstić information content (AvgIpc) is 3.30. The van der Waals surface area contributed by atoms with Crippen LogP contribution >= 0.6 is 0 Å². The predicted molar refractivity (Wildman–Crippen MR) is 256 cm³/mol. The Labute approximate surface area is 400 Å². The van der Waals surface area contributed by atoms with Crippen molar-refractivity contribution in [3.63, 3.8) is 0 Å². The zero-order valence-electron chi connectivity index (χ0n) is 42.3. The number of cyclic esters (lactones) is 1. The highest BCUT2D eigenvalue weighted by Crippen LogP contribution is 2.33. The number of ketones is 1. The Kier molecular flexibility index (Phi) is 27.1. The van der Waals surface area contributed by atoms with Crippen molar-refractivity contribution in [3.05, 3.63) is 72.0 Å². The van der Waals surface area contributed by atoms with Crippen molar-refractivity contribution >= 4 is 24.1 Å². The van der Waals surface area contributed by atoms with E-state index >= 15 is 0 Å². The third-order valence-electron chi connectivity index (χ3n) is 13.5. The maximum atomic E-state index is 13.6. The maximum Gasteiger partial charge on any atom is 0.331 e. The Bertz CT molecular complexity index is 1710. The molecule has 0 aromatic rings. The van der Waals surface area contributed by atoms with Gasteiger partial charge in [0, 0.05) is 110 Å². The van der Waals surface area contributed by atoms with Crippen LogP contribution in [0.2, 0.25) is 0 Å². The van der Waals surface area contributed by atoms with Crippen molar-refractivity contribution < 1.29 is 67.7 Å². The molecule has 380 valence electrons. The molecule has 2 bridgehead atoms. The van der Waals surface area contributed by atoms with Crippen molar-refractivity contribution in [2.24, 2.45) is 35.5 Å². The van der Waals surface area contributed by atoms with E-state index < -0.39 is 84.6 Å². The summed E-state index contributed by atoms with van der Waals surface area (Å²) in [6.45, 7) is 13.3. The molecular formula is C52H83NO14. The van der Waals surface area contributed by atoms with Gasteiger partial charge in [-0.1, -0.05) is 89.6 Å². The lowest BCUT2D eigenvalue weighted by Crippen LogP contribution is -2.46. The summed E-state index contributed by atoms with van der Waals surface area (Å²) in [5.41, 5.74) is 1.35. The fraction of sp³-hybridized carbons (Fsp3) is 0.692. The topological polar surface area (TPSA) is 197 Å². The van der Waals surface area contributed by atoms with Crippen LogP contribution in [0.1, 0.15) is 93.4 Å². The Morgan fingerprint density at radius 2 is 1.57 bits per heavy atom. The van der Waals surface area contributed by atoms with Gasteiger partial charge in [-0.2, -0.15) is 0 Å². The number of esters is 2. The summed E-state index contributed by atoms with van der Waals surface area (Å²) in [4.78, 5) is 52.2. The number of fused-ring (bicyclic) bond motifs is 2. The lowest BCUT2D eigenvalue weighted by molar-refractivity contribution is -0.160. The molecule has 2 heterocycles. The lowest BCUT2D eigenvalue weighted by Gasteiger charge is -2.37. The first-order chi connectivity index (χ1) is 31.7. The first-order valence-electron chi connectivity index (χ1n) is 23.6. The summed E-state index contributed by atoms with van der Waals surface area (Å²) >= 11 is 0. The van der Waals surface area contributed by atoms with Crippen molar-refractivity contribution in [2.75, 3.05) is 42.6 Å². The molecule has 15 nitrogen and oxygen atoms in total. The van der Waals surface area contributed by atoms with Gasteiger partial charge >= 0.3 is 11.9 Å². The molecule has 67 heavy (non-hydrogen) atoms. The Morgan fingerprint density at radius 3 is 2.18 bits per heavy atom. The molecule has 14 unspecified atom stereocenters. The van der Waals surface area contributed by atoms with Gasteiger partial charge in [0.25, 0.3) is 0 Å². The Balaban J connectivity index is 2.46. The fourth-order valence-electron chi connectivity index (χ4n) is 8.96. The van der Waals surface area contributed by atoms with E-state index in [0.717, 1.165) is 5.57 Å². The van der Waals surface area contributed by atoms with E-state index in [1.807, 2.05) is 60.6 Å². The minimum absolute atomic E-state index is 0.0312. The molecule has 0 aromatic heterocycles. The van der Waals surface area contributed by atoms with E-state index in [4.69, 9.17) is 33.2 Å². The molecule has 15 heteroatoms. The molecule has 0 aliphatic carbocycles. The van der Waals surface area contributed by atoms with E-state index in [0.29, 0.717) is 37.7 Å². The largest absolute Gasteiger partial charge is 0.458 e. The standard InChI is InChI=1S/C52H83NO14/c1-32-16-14-18-47(58)66-51(38(7)50(65-13)34(3)21-24-43(56)36(5)45(63-11)17-15-25-53(8)31-54)35(4)19-22-40(55)29-44(57)33(2)20-23-41(61-9)30-46(64-12)37(6)52-49(60)39(28-48(59)67-52)27-42(26-32)62-10/h14-16,18-20,22-23,25,28,31,33-38,40-42,44-46,49-52,55,57,60H,17,21,24,26-27,29-30H2,1-13H3/t33?,34?,35?,36?,37?,38?,40?,41?,42?,44?,45?,46?,49-,50?,51?,52-/m0/s1. The summed E-state index contributed by atoms with van der Waals surface area (Å²) < 4.78 is 41.0. The van der Waals surface area contributed by atoms with Crippen LogP contribution in [-0.2, 0) is 52.3 Å². The summed E-state index contributed by atoms with van der Waals surface area (Å²) in [5, 5.41) is 33.8. The third-order valence-corrected chi connectivity index (χ3v) is 13.5. The van der Waals surface area contributed by atoms with Gasteiger partial charge in [-0.25, -0.2) is 9.59 Å². The van der Waals surface area contributed by atoms with Crippen LogP contribution in [0.25, 0.3) is 0 Å². The Morgan fingerprint density at radius 1 is 0.881 bits per heavy atom. The number of ether oxygens (including phenoxy) is 7. The second kappa shape index (κ2) is 30.6. The van der Waals surface area contributed by atoms with Crippen molar-refractivity contribution in [2.45, 2.75) is 154 Å². The van der Waals surface area contributed by atoms with E-state index in [9.17, 15) is 34.5 Å². The number of Topliss-reactive ketones (excluding diaryl/α,β-unsaturated/α-hetero) is 1. The molecule has 0 saturated carbocycles. The van der Waals surface area contributed by atoms with Crippen LogP contribution in [0, 0.1) is 35.5 Å². The van der Waals surface area contributed by atoms with Crippen LogP contribution in [-0.4, -0.2) is 148 Å². The van der Waals surface area contributed by atoms with Gasteiger partial charge in [0.15, 0.2) is 0 Å². The monoisotopic (exact) mass is 946 g/mol. The number of rotatable bonds is 17. The normalized spacial score (nSPS) is 31.1. The molecule has 0 radical (unpaired) electrons. The quantitative estimate of drug-likeness (QED) is 0.0840. The van der Waals surface area contributed by atoms with Gasteiger partial charge in [0.1, 0.15) is 24.1 Å². The summed E-state index contributed by atoms with van der Waals surface area (Å²) in [5.74, 6) is -3.22. The van der Waals surface area contributed by atoms with Gasteiger partial charge in [-0.3, -0.25) is 9.59 Å². The van der Waals surface area contributed by atoms with Gasteiger partial charge < -0.3 is 53.4 Å².